The summed E-state index contributed by atoms with van der Waals surface area (Å²) in [4.78, 5) is 2.37. The number of nitrogens with zero attached hydrogens (tertiary/aromatic N) is 1. The molecule has 0 saturated carbocycles. The van der Waals surface area contributed by atoms with E-state index in [9.17, 15) is 0 Å². The molecule has 0 saturated heterocycles. The van der Waals surface area contributed by atoms with Crippen LogP contribution in [-0.4, -0.2) is 0 Å². The average Bonchev–Trinajstić information content (AvgIpc) is 3.87. The Morgan fingerprint density at radius 1 is 0.400 bits per heavy atom. The van der Waals surface area contributed by atoms with E-state index in [0.717, 1.165) is 55.6 Å². The number of para-hydroxylation sites is 3. The van der Waals surface area contributed by atoms with Crippen molar-refractivity contribution in [2.75, 3.05) is 4.90 Å². The van der Waals surface area contributed by atoms with E-state index in [1.807, 2.05) is 23.5 Å². The van der Waals surface area contributed by atoms with Crippen molar-refractivity contribution in [1.29, 1.82) is 0 Å². The van der Waals surface area contributed by atoms with Crippen molar-refractivity contribution in [3.05, 3.63) is 164 Å². The predicted molar refractivity (Wildman–Crippen MR) is 212 cm³/mol. The maximum Gasteiger partial charge on any atom is 0.159 e. The number of rotatable bonds is 4. The topological polar surface area (TPSA) is 29.5 Å². The molecule has 3 heterocycles. The van der Waals surface area contributed by atoms with Gasteiger partial charge in [0.25, 0.3) is 0 Å². The number of furan rings is 2. The SMILES string of the molecule is c1ccc2cc(-c3ccc(N(c4cccc5c4oc4ccccc45)c4cccc5c4sc4c5ccc5oc6ccccc6c54)cc3)ccc2c1. The van der Waals surface area contributed by atoms with E-state index >= 15 is 0 Å². The molecule has 8 aromatic carbocycles. The summed E-state index contributed by atoms with van der Waals surface area (Å²) >= 11 is 1.83. The molecule has 0 N–H and O–H groups in total. The highest BCUT2D eigenvalue weighted by molar-refractivity contribution is 7.27. The first-order valence-electron chi connectivity index (χ1n) is 16.8. The smallest absolute Gasteiger partial charge is 0.159 e. The molecule has 50 heavy (non-hydrogen) atoms. The molecule has 4 heteroatoms. The van der Waals surface area contributed by atoms with Crippen molar-refractivity contribution >= 4 is 103 Å². The molecule has 11 aromatic rings. The van der Waals surface area contributed by atoms with E-state index in [-0.39, 0.29) is 0 Å². The van der Waals surface area contributed by atoms with Crippen LogP contribution in [0.4, 0.5) is 17.1 Å². The highest BCUT2D eigenvalue weighted by atomic mass is 32.1. The summed E-state index contributed by atoms with van der Waals surface area (Å²) in [6.45, 7) is 0. The molecule has 234 valence electrons. The Morgan fingerprint density at radius 3 is 1.92 bits per heavy atom. The molecule has 3 aromatic heterocycles. The summed E-state index contributed by atoms with van der Waals surface area (Å²) < 4.78 is 15.4. The van der Waals surface area contributed by atoms with Gasteiger partial charge in [-0.15, -0.1) is 11.3 Å². The van der Waals surface area contributed by atoms with Crippen LogP contribution in [-0.2, 0) is 0 Å². The molecule has 0 aliphatic carbocycles. The summed E-state index contributed by atoms with van der Waals surface area (Å²) in [7, 11) is 0. The fourth-order valence-corrected chi connectivity index (χ4v) is 9.07. The minimum atomic E-state index is 0.869. The van der Waals surface area contributed by atoms with Gasteiger partial charge in [0.2, 0.25) is 0 Å². The fourth-order valence-electron chi connectivity index (χ4n) is 7.71. The van der Waals surface area contributed by atoms with Crippen LogP contribution in [0.15, 0.2) is 173 Å². The van der Waals surface area contributed by atoms with Crippen LogP contribution in [0.5, 0.6) is 0 Å². The fraction of sp³-hybridized carbons (Fsp3) is 0. The Morgan fingerprint density at radius 2 is 1.06 bits per heavy atom. The third kappa shape index (κ3) is 4.03. The summed E-state index contributed by atoms with van der Waals surface area (Å²) in [5, 5.41) is 9.49. The first kappa shape index (κ1) is 27.6. The quantitative estimate of drug-likeness (QED) is 0.189. The van der Waals surface area contributed by atoms with E-state index in [1.54, 1.807) is 0 Å². The molecule has 0 unspecified atom stereocenters. The van der Waals surface area contributed by atoms with Crippen LogP contribution in [0.25, 0.3) is 85.9 Å². The van der Waals surface area contributed by atoms with Gasteiger partial charge in [-0.3, -0.25) is 0 Å². The summed E-state index contributed by atoms with van der Waals surface area (Å²) in [6.07, 6.45) is 0. The van der Waals surface area contributed by atoms with E-state index in [4.69, 9.17) is 8.83 Å². The Hall–Kier alpha value is -6.36. The molecule has 0 radical (unpaired) electrons. The van der Waals surface area contributed by atoms with Crippen molar-refractivity contribution in [3.63, 3.8) is 0 Å². The zero-order chi connectivity index (χ0) is 32.8. The van der Waals surface area contributed by atoms with Crippen molar-refractivity contribution < 1.29 is 8.83 Å². The Labute approximate surface area is 290 Å². The molecule has 11 rings (SSSR count). The second-order valence-corrected chi connectivity index (χ2v) is 13.9. The maximum atomic E-state index is 6.66. The Balaban J connectivity index is 1.16. The third-order valence-corrected chi connectivity index (χ3v) is 11.3. The van der Waals surface area contributed by atoms with Crippen molar-refractivity contribution in [2.24, 2.45) is 0 Å². The molecule has 0 bridgehead atoms. The number of fused-ring (bicyclic) bond motifs is 11. The largest absolute Gasteiger partial charge is 0.456 e. The lowest BCUT2D eigenvalue weighted by Crippen LogP contribution is -2.10. The van der Waals surface area contributed by atoms with Crippen LogP contribution < -0.4 is 4.90 Å². The predicted octanol–water partition coefficient (Wildman–Crippen LogP) is 14.1. The van der Waals surface area contributed by atoms with E-state index in [2.05, 4.69) is 157 Å². The molecule has 3 nitrogen and oxygen atoms in total. The second kappa shape index (κ2) is 10.6. The second-order valence-electron chi connectivity index (χ2n) is 12.9. The highest BCUT2D eigenvalue weighted by Gasteiger charge is 2.23. The third-order valence-electron chi connectivity index (χ3n) is 10.1. The van der Waals surface area contributed by atoms with Gasteiger partial charge in [-0.05, 0) is 76.5 Å². The van der Waals surface area contributed by atoms with Crippen LogP contribution in [0.1, 0.15) is 0 Å². The van der Waals surface area contributed by atoms with Crippen LogP contribution in [0, 0.1) is 0 Å². The minimum absolute atomic E-state index is 0.869. The van der Waals surface area contributed by atoms with E-state index in [1.165, 1.54) is 47.5 Å². The number of anilines is 3. The number of benzene rings is 8. The van der Waals surface area contributed by atoms with Crippen molar-refractivity contribution in [2.45, 2.75) is 0 Å². The lowest BCUT2D eigenvalue weighted by Gasteiger charge is -2.26. The van der Waals surface area contributed by atoms with Gasteiger partial charge in [-0.25, -0.2) is 0 Å². The molecule has 0 aliphatic heterocycles. The van der Waals surface area contributed by atoms with Crippen LogP contribution in [0.3, 0.4) is 0 Å². The zero-order valence-electron chi connectivity index (χ0n) is 26.8. The van der Waals surface area contributed by atoms with Crippen molar-refractivity contribution in [1.82, 2.24) is 0 Å². The summed E-state index contributed by atoms with van der Waals surface area (Å²) in [6, 6.07) is 58.3. The molecular weight excluding hydrogens is 631 g/mol. The van der Waals surface area contributed by atoms with Gasteiger partial charge >= 0.3 is 0 Å². The first-order chi connectivity index (χ1) is 24.8. The highest BCUT2D eigenvalue weighted by Crippen LogP contribution is 2.49. The number of hydrogen-bond donors (Lipinski definition) is 0. The van der Waals surface area contributed by atoms with Crippen LogP contribution in [0.2, 0.25) is 0 Å². The normalized spacial score (nSPS) is 12.0. The number of thiophene rings is 1. The van der Waals surface area contributed by atoms with Gasteiger partial charge in [-0.2, -0.15) is 0 Å². The lowest BCUT2D eigenvalue weighted by molar-refractivity contribution is 0.669. The molecule has 0 spiro atoms. The summed E-state index contributed by atoms with van der Waals surface area (Å²) in [5.74, 6) is 0. The molecule has 0 atom stereocenters. The first-order valence-corrected chi connectivity index (χ1v) is 17.7. The Kier molecular flexibility index (Phi) is 5.83. The Bertz CT molecular complexity index is 3110. The van der Waals surface area contributed by atoms with Gasteiger partial charge in [0.05, 0.1) is 16.1 Å². The van der Waals surface area contributed by atoms with Gasteiger partial charge in [0.15, 0.2) is 5.58 Å². The van der Waals surface area contributed by atoms with Gasteiger partial charge < -0.3 is 13.7 Å². The molecular formula is C46H27NO2S. The zero-order valence-corrected chi connectivity index (χ0v) is 27.6. The van der Waals surface area contributed by atoms with Gasteiger partial charge in [0, 0.05) is 42.7 Å². The molecule has 0 amide bonds. The monoisotopic (exact) mass is 657 g/mol. The van der Waals surface area contributed by atoms with Crippen LogP contribution >= 0.6 is 11.3 Å². The van der Waals surface area contributed by atoms with E-state index < -0.39 is 0 Å². The maximum absolute atomic E-state index is 6.66. The van der Waals surface area contributed by atoms with Gasteiger partial charge in [-0.1, -0.05) is 109 Å². The van der Waals surface area contributed by atoms with E-state index in [0.29, 0.717) is 0 Å². The summed E-state index contributed by atoms with van der Waals surface area (Å²) in [5.41, 5.74) is 9.13. The lowest BCUT2D eigenvalue weighted by atomic mass is 10.0. The number of hydrogen-bond acceptors (Lipinski definition) is 4. The standard InChI is InChI=1S/C46H27NO2S/c1-2-10-30-27-31(20-19-28(30)9-1)29-21-23-32(24-22-29)47(38-15-7-13-34-33-11-3-5-17-40(33)49-44(34)38)39-16-8-14-35-36-25-26-42-43(46(36)50-45(35)39)37-12-4-6-18-41(37)48-42/h1-27H. The molecule has 0 aliphatic rings. The minimum Gasteiger partial charge on any atom is -0.456 e. The van der Waals surface area contributed by atoms with Gasteiger partial charge in [0.1, 0.15) is 16.7 Å². The molecule has 0 fully saturated rings. The van der Waals surface area contributed by atoms with Crippen molar-refractivity contribution in [3.8, 4) is 11.1 Å². The average molecular weight is 658 g/mol.